The van der Waals surface area contributed by atoms with Crippen molar-refractivity contribution in [1.29, 1.82) is 0 Å². The van der Waals surface area contributed by atoms with E-state index in [1.807, 2.05) is 38.2 Å². The normalized spacial score (nSPS) is 11.7. The fourth-order valence-electron chi connectivity index (χ4n) is 1.60. The largest absolute Gasteiger partial charge is 0.351 e. The standard InChI is InChI=1S/C13H16ClN3O/c1-13(2,9-14)12(18)15-7-10-8-16-17-6-4-3-5-11(10)17/h3-6,8H,7,9H2,1-2H3,(H,15,18). The number of nitrogens with zero attached hydrogens (tertiary/aromatic N) is 2. The predicted molar refractivity (Wildman–Crippen MR) is 71.5 cm³/mol. The van der Waals surface area contributed by atoms with E-state index < -0.39 is 5.41 Å². The van der Waals surface area contributed by atoms with Gasteiger partial charge in [0.15, 0.2) is 0 Å². The number of amides is 1. The van der Waals surface area contributed by atoms with Crippen molar-refractivity contribution in [1.82, 2.24) is 14.9 Å². The Bertz CT molecular complexity index is 562. The number of hydrogen-bond donors (Lipinski definition) is 1. The molecule has 2 rings (SSSR count). The van der Waals surface area contributed by atoms with Gasteiger partial charge in [0.1, 0.15) is 0 Å². The molecule has 4 nitrogen and oxygen atoms in total. The summed E-state index contributed by atoms with van der Waals surface area (Å²) in [7, 11) is 0. The first-order valence-corrected chi connectivity index (χ1v) is 6.33. The van der Waals surface area contributed by atoms with Gasteiger partial charge in [-0.1, -0.05) is 6.07 Å². The molecule has 0 unspecified atom stereocenters. The summed E-state index contributed by atoms with van der Waals surface area (Å²) in [5, 5.41) is 7.11. The highest BCUT2D eigenvalue weighted by Crippen LogP contribution is 2.17. The van der Waals surface area contributed by atoms with Crippen molar-refractivity contribution in [2.45, 2.75) is 20.4 Å². The molecule has 2 aromatic heterocycles. The first-order chi connectivity index (χ1) is 8.54. The molecule has 0 fully saturated rings. The number of rotatable bonds is 4. The Morgan fingerprint density at radius 3 is 3.00 bits per heavy atom. The Hall–Kier alpha value is -1.55. The second-order valence-electron chi connectivity index (χ2n) is 4.90. The zero-order valence-corrected chi connectivity index (χ0v) is 11.2. The van der Waals surface area contributed by atoms with Gasteiger partial charge in [0.2, 0.25) is 5.91 Å². The fraction of sp³-hybridized carbons (Fsp3) is 0.385. The molecule has 0 atom stereocenters. The summed E-state index contributed by atoms with van der Waals surface area (Å²) in [6, 6.07) is 5.84. The van der Waals surface area contributed by atoms with E-state index in [1.165, 1.54) is 0 Å². The van der Waals surface area contributed by atoms with Crippen molar-refractivity contribution in [3.05, 3.63) is 36.2 Å². The van der Waals surface area contributed by atoms with Crippen LogP contribution in [-0.4, -0.2) is 21.4 Å². The molecule has 0 saturated carbocycles. The van der Waals surface area contributed by atoms with Crippen molar-refractivity contribution >= 4 is 23.0 Å². The number of carbonyl (C=O) groups excluding carboxylic acids is 1. The smallest absolute Gasteiger partial charge is 0.227 e. The van der Waals surface area contributed by atoms with Crippen LogP contribution in [0.15, 0.2) is 30.6 Å². The average Bonchev–Trinajstić information content (AvgIpc) is 2.79. The molecule has 0 aliphatic rings. The van der Waals surface area contributed by atoms with E-state index in [-0.39, 0.29) is 5.91 Å². The van der Waals surface area contributed by atoms with E-state index in [1.54, 1.807) is 10.7 Å². The Balaban J connectivity index is 2.09. The zero-order valence-electron chi connectivity index (χ0n) is 10.5. The van der Waals surface area contributed by atoms with Crippen molar-refractivity contribution in [2.75, 3.05) is 5.88 Å². The minimum atomic E-state index is -0.551. The molecule has 18 heavy (non-hydrogen) atoms. The number of nitrogens with one attached hydrogen (secondary N) is 1. The van der Waals surface area contributed by atoms with Crippen molar-refractivity contribution in [3.8, 4) is 0 Å². The Labute approximate surface area is 111 Å². The first-order valence-electron chi connectivity index (χ1n) is 5.80. The molecule has 0 saturated heterocycles. The van der Waals surface area contributed by atoms with Crippen LogP contribution >= 0.6 is 11.6 Å². The lowest BCUT2D eigenvalue weighted by Gasteiger charge is -2.20. The SMILES string of the molecule is CC(C)(CCl)C(=O)NCc1cnn2ccccc12. The summed E-state index contributed by atoms with van der Waals surface area (Å²) in [6.07, 6.45) is 3.65. The van der Waals surface area contributed by atoms with Crippen LogP contribution < -0.4 is 5.32 Å². The minimum absolute atomic E-state index is 0.0484. The molecule has 0 spiro atoms. The third kappa shape index (κ3) is 2.48. The van der Waals surface area contributed by atoms with Crippen LogP contribution in [0.5, 0.6) is 0 Å². The molecular weight excluding hydrogens is 250 g/mol. The number of halogens is 1. The van der Waals surface area contributed by atoms with Gasteiger partial charge in [-0.15, -0.1) is 11.6 Å². The van der Waals surface area contributed by atoms with Gasteiger partial charge in [-0.25, -0.2) is 4.52 Å². The lowest BCUT2D eigenvalue weighted by molar-refractivity contribution is -0.128. The second-order valence-corrected chi connectivity index (χ2v) is 5.17. The molecule has 0 radical (unpaired) electrons. The quantitative estimate of drug-likeness (QED) is 0.862. The maximum atomic E-state index is 11.9. The van der Waals surface area contributed by atoms with Crippen LogP contribution in [-0.2, 0) is 11.3 Å². The minimum Gasteiger partial charge on any atom is -0.351 e. The van der Waals surface area contributed by atoms with Gasteiger partial charge >= 0.3 is 0 Å². The Morgan fingerprint density at radius 2 is 2.28 bits per heavy atom. The van der Waals surface area contributed by atoms with Gasteiger partial charge in [-0.2, -0.15) is 5.10 Å². The average molecular weight is 266 g/mol. The maximum Gasteiger partial charge on any atom is 0.227 e. The fourth-order valence-corrected chi connectivity index (χ4v) is 1.72. The molecule has 2 heterocycles. The lowest BCUT2D eigenvalue weighted by atomic mass is 9.95. The molecule has 5 heteroatoms. The monoisotopic (exact) mass is 265 g/mol. The molecular formula is C13H16ClN3O. The van der Waals surface area contributed by atoms with Gasteiger partial charge < -0.3 is 5.32 Å². The number of aromatic nitrogens is 2. The molecule has 0 bridgehead atoms. The van der Waals surface area contributed by atoms with E-state index in [0.29, 0.717) is 12.4 Å². The van der Waals surface area contributed by atoms with Crippen LogP contribution in [0.2, 0.25) is 0 Å². The Morgan fingerprint density at radius 1 is 1.50 bits per heavy atom. The molecule has 2 aromatic rings. The highest BCUT2D eigenvalue weighted by Gasteiger charge is 2.26. The van der Waals surface area contributed by atoms with Gasteiger partial charge in [-0.3, -0.25) is 4.79 Å². The number of hydrogen-bond acceptors (Lipinski definition) is 2. The van der Waals surface area contributed by atoms with Crippen molar-refractivity contribution in [2.24, 2.45) is 5.41 Å². The van der Waals surface area contributed by atoms with Gasteiger partial charge in [-0.05, 0) is 26.0 Å². The maximum absolute atomic E-state index is 11.9. The van der Waals surface area contributed by atoms with Crippen molar-refractivity contribution in [3.63, 3.8) is 0 Å². The van der Waals surface area contributed by atoms with Crippen LogP contribution in [0, 0.1) is 5.41 Å². The van der Waals surface area contributed by atoms with E-state index in [2.05, 4.69) is 10.4 Å². The summed E-state index contributed by atoms with van der Waals surface area (Å²) >= 11 is 5.77. The molecule has 1 N–H and O–H groups in total. The topological polar surface area (TPSA) is 46.4 Å². The van der Waals surface area contributed by atoms with Crippen LogP contribution in [0.1, 0.15) is 19.4 Å². The van der Waals surface area contributed by atoms with Crippen LogP contribution in [0.4, 0.5) is 0 Å². The van der Waals surface area contributed by atoms with Gasteiger partial charge in [0, 0.05) is 24.2 Å². The van der Waals surface area contributed by atoms with E-state index in [0.717, 1.165) is 11.1 Å². The summed E-state index contributed by atoms with van der Waals surface area (Å²) in [4.78, 5) is 11.9. The third-order valence-electron chi connectivity index (χ3n) is 2.89. The molecule has 0 aromatic carbocycles. The zero-order chi connectivity index (χ0) is 13.2. The number of pyridine rings is 1. The highest BCUT2D eigenvalue weighted by atomic mass is 35.5. The van der Waals surface area contributed by atoms with E-state index in [9.17, 15) is 4.79 Å². The second kappa shape index (κ2) is 4.98. The first kappa shape index (κ1) is 12.9. The van der Waals surface area contributed by atoms with Crippen LogP contribution in [0.3, 0.4) is 0 Å². The molecule has 0 aliphatic heterocycles. The molecule has 1 amide bonds. The molecule has 0 aliphatic carbocycles. The van der Waals surface area contributed by atoms with Crippen LogP contribution in [0.25, 0.3) is 5.52 Å². The van der Waals surface area contributed by atoms with Crippen molar-refractivity contribution < 1.29 is 4.79 Å². The lowest BCUT2D eigenvalue weighted by Crippen LogP contribution is -2.37. The number of carbonyl (C=O) groups is 1. The summed E-state index contributed by atoms with van der Waals surface area (Å²) in [5.74, 6) is 0.251. The van der Waals surface area contributed by atoms with E-state index >= 15 is 0 Å². The third-order valence-corrected chi connectivity index (χ3v) is 3.56. The number of alkyl halides is 1. The van der Waals surface area contributed by atoms with E-state index in [4.69, 9.17) is 11.6 Å². The Kier molecular flexibility index (Phi) is 3.57. The highest BCUT2D eigenvalue weighted by molar-refractivity contribution is 6.19. The summed E-state index contributed by atoms with van der Waals surface area (Å²) in [6.45, 7) is 4.11. The van der Waals surface area contributed by atoms with Gasteiger partial charge in [0.25, 0.3) is 0 Å². The summed E-state index contributed by atoms with van der Waals surface area (Å²) in [5.41, 5.74) is 1.45. The summed E-state index contributed by atoms with van der Waals surface area (Å²) < 4.78 is 1.79. The predicted octanol–water partition coefficient (Wildman–Crippen LogP) is 2.22. The molecule has 96 valence electrons. The van der Waals surface area contributed by atoms with Gasteiger partial charge in [0.05, 0.1) is 17.1 Å². The number of fused-ring (bicyclic) bond motifs is 1.